The van der Waals surface area contributed by atoms with Crippen LogP contribution in [-0.2, 0) is 10.3 Å². The summed E-state index contributed by atoms with van der Waals surface area (Å²) in [7, 11) is 0. The van der Waals surface area contributed by atoms with Crippen molar-refractivity contribution in [2.75, 3.05) is 0 Å². The number of rotatable bonds is 3. The molecule has 1 aromatic carbocycles. The minimum atomic E-state index is -1.90. The molecule has 19 heavy (non-hydrogen) atoms. The van der Waals surface area contributed by atoms with Gasteiger partial charge in [-0.2, -0.15) is 4.99 Å². The van der Waals surface area contributed by atoms with E-state index in [4.69, 9.17) is 5.11 Å². The van der Waals surface area contributed by atoms with Crippen LogP contribution >= 0.6 is 0 Å². The highest BCUT2D eigenvalue weighted by Crippen LogP contribution is 2.46. The van der Waals surface area contributed by atoms with E-state index in [9.17, 15) is 22.8 Å². The second-order valence-corrected chi connectivity index (χ2v) is 4.30. The van der Waals surface area contributed by atoms with E-state index >= 15 is 0 Å². The van der Waals surface area contributed by atoms with Crippen LogP contribution < -0.4 is 0 Å². The molecule has 0 saturated heterocycles. The molecule has 7 heteroatoms. The molecule has 0 heterocycles. The lowest BCUT2D eigenvalue weighted by Gasteiger charge is -2.37. The van der Waals surface area contributed by atoms with E-state index in [1.165, 1.54) is 6.08 Å². The molecule has 1 fully saturated rings. The molecule has 2 rings (SSSR count). The highest BCUT2D eigenvalue weighted by Gasteiger charge is 2.43. The number of carboxylic acids is 1. The quantitative estimate of drug-likeness (QED) is 0.522. The lowest BCUT2D eigenvalue weighted by molar-refractivity contribution is 0.0684. The van der Waals surface area contributed by atoms with Crippen molar-refractivity contribution in [3.8, 4) is 0 Å². The zero-order valence-corrected chi connectivity index (χ0v) is 9.54. The van der Waals surface area contributed by atoms with Crippen molar-refractivity contribution < 1.29 is 27.9 Å². The smallest absolute Gasteiger partial charge is 0.341 e. The first-order chi connectivity index (χ1) is 8.93. The number of carbonyl (C=O) groups is 1. The maximum Gasteiger partial charge on any atom is 0.341 e. The Kier molecular flexibility index (Phi) is 3.16. The fourth-order valence-corrected chi connectivity index (χ4v) is 2.17. The minimum absolute atomic E-state index is 0.254. The van der Waals surface area contributed by atoms with Crippen LogP contribution in [-0.4, -0.2) is 17.2 Å². The van der Waals surface area contributed by atoms with E-state index in [0.717, 1.165) is 0 Å². The van der Waals surface area contributed by atoms with E-state index in [1.807, 2.05) is 0 Å². The van der Waals surface area contributed by atoms with Gasteiger partial charge in [0.15, 0.2) is 11.6 Å². The number of hydrogen-bond donors (Lipinski definition) is 1. The maximum atomic E-state index is 13.8. The fraction of sp³-hybridized carbons (Fsp3) is 0.333. The second-order valence-electron chi connectivity index (χ2n) is 4.30. The molecule has 0 aliphatic heterocycles. The summed E-state index contributed by atoms with van der Waals surface area (Å²) < 4.78 is 41.0. The molecule has 0 aromatic heterocycles. The van der Waals surface area contributed by atoms with E-state index in [2.05, 4.69) is 4.99 Å². The van der Waals surface area contributed by atoms with Gasteiger partial charge >= 0.3 is 5.97 Å². The molecular formula is C12H8F3NO3. The summed E-state index contributed by atoms with van der Waals surface area (Å²) in [4.78, 5) is 24.4. The Morgan fingerprint density at radius 3 is 2.37 bits per heavy atom. The molecule has 1 N–H and O–H groups in total. The summed E-state index contributed by atoms with van der Waals surface area (Å²) in [6.45, 7) is 0. The van der Waals surface area contributed by atoms with Crippen LogP contribution in [0.1, 0.15) is 35.2 Å². The molecule has 0 unspecified atom stereocenters. The van der Waals surface area contributed by atoms with Crippen LogP contribution in [0.2, 0.25) is 0 Å². The van der Waals surface area contributed by atoms with Gasteiger partial charge in [0.05, 0.1) is 0 Å². The summed E-state index contributed by atoms with van der Waals surface area (Å²) in [5, 5.41) is 8.61. The number of benzene rings is 1. The molecule has 0 amide bonds. The summed E-state index contributed by atoms with van der Waals surface area (Å²) in [6.07, 6.45) is 2.39. The number of hydrogen-bond acceptors (Lipinski definition) is 3. The average molecular weight is 271 g/mol. The van der Waals surface area contributed by atoms with Gasteiger partial charge in [-0.15, -0.1) is 0 Å². The Hall–Kier alpha value is -2.14. The van der Waals surface area contributed by atoms with Gasteiger partial charge in [-0.25, -0.2) is 22.8 Å². The van der Waals surface area contributed by atoms with Crippen LogP contribution in [0, 0.1) is 17.5 Å². The van der Waals surface area contributed by atoms with E-state index in [-0.39, 0.29) is 12.8 Å². The minimum Gasteiger partial charge on any atom is -0.477 e. The monoisotopic (exact) mass is 271 g/mol. The summed E-state index contributed by atoms with van der Waals surface area (Å²) in [6, 6.07) is 0.585. The number of carbonyl (C=O) groups excluding carboxylic acids is 1. The average Bonchev–Trinajstić information content (AvgIpc) is 2.28. The van der Waals surface area contributed by atoms with E-state index in [1.54, 1.807) is 0 Å². The topological polar surface area (TPSA) is 66.7 Å². The molecule has 0 radical (unpaired) electrons. The number of halogens is 3. The molecule has 100 valence electrons. The van der Waals surface area contributed by atoms with Crippen molar-refractivity contribution in [2.24, 2.45) is 4.99 Å². The van der Waals surface area contributed by atoms with Crippen molar-refractivity contribution in [1.82, 2.24) is 0 Å². The van der Waals surface area contributed by atoms with Crippen molar-refractivity contribution >= 4 is 12.0 Å². The molecule has 0 spiro atoms. The first-order valence-corrected chi connectivity index (χ1v) is 5.43. The Balaban J connectivity index is 2.67. The van der Waals surface area contributed by atoms with Crippen molar-refractivity contribution in [3.63, 3.8) is 0 Å². The third-order valence-electron chi connectivity index (χ3n) is 3.31. The Morgan fingerprint density at radius 1 is 1.32 bits per heavy atom. The molecule has 0 bridgehead atoms. The molecule has 4 nitrogen and oxygen atoms in total. The van der Waals surface area contributed by atoms with Gasteiger partial charge in [0, 0.05) is 5.56 Å². The highest BCUT2D eigenvalue weighted by molar-refractivity contribution is 5.88. The van der Waals surface area contributed by atoms with Gasteiger partial charge in [-0.05, 0) is 25.3 Å². The number of carboxylic acid groups (broad SMARTS) is 1. The van der Waals surface area contributed by atoms with Gasteiger partial charge in [0.25, 0.3) is 0 Å². The van der Waals surface area contributed by atoms with Gasteiger partial charge in [0.2, 0.25) is 6.08 Å². The molecule has 1 aromatic rings. The summed E-state index contributed by atoms with van der Waals surface area (Å²) in [5.74, 6) is -6.57. The number of aromatic carboxylic acids is 1. The lowest BCUT2D eigenvalue weighted by Crippen LogP contribution is -2.34. The maximum absolute atomic E-state index is 13.8. The van der Waals surface area contributed by atoms with E-state index < -0.39 is 40.1 Å². The van der Waals surface area contributed by atoms with Crippen LogP contribution in [0.5, 0.6) is 0 Å². The Labute approximate surface area is 105 Å². The summed E-state index contributed by atoms with van der Waals surface area (Å²) >= 11 is 0. The SMILES string of the molecule is O=C=NC1(c2cc(F)c(C(=O)O)c(F)c2F)CCC1. The van der Waals surface area contributed by atoms with Crippen LogP contribution in [0.15, 0.2) is 11.1 Å². The van der Waals surface area contributed by atoms with Gasteiger partial charge in [-0.3, -0.25) is 0 Å². The lowest BCUT2D eigenvalue weighted by atomic mass is 9.72. The first kappa shape index (κ1) is 13.3. The predicted octanol–water partition coefficient (Wildman–Crippen LogP) is 2.52. The number of aliphatic imine (C=N–C) groups is 1. The van der Waals surface area contributed by atoms with Gasteiger partial charge in [0.1, 0.15) is 16.9 Å². The third kappa shape index (κ3) is 1.92. The van der Waals surface area contributed by atoms with Crippen LogP contribution in [0.4, 0.5) is 13.2 Å². The van der Waals surface area contributed by atoms with Crippen LogP contribution in [0.3, 0.4) is 0 Å². The normalized spacial score (nSPS) is 16.4. The molecule has 0 atom stereocenters. The standard InChI is InChI=1S/C12H8F3NO3/c13-7-4-6(12(16-5-17)2-1-3-12)9(14)10(15)8(7)11(18)19/h4H,1-3H2,(H,18,19). The zero-order chi connectivity index (χ0) is 14.2. The molecule has 1 saturated carbocycles. The van der Waals surface area contributed by atoms with Crippen molar-refractivity contribution in [2.45, 2.75) is 24.8 Å². The molecule has 1 aliphatic carbocycles. The largest absolute Gasteiger partial charge is 0.477 e. The van der Waals surface area contributed by atoms with Crippen LogP contribution in [0.25, 0.3) is 0 Å². The summed E-state index contributed by atoms with van der Waals surface area (Å²) in [5.41, 5.74) is -3.13. The van der Waals surface area contributed by atoms with Gasteiger partial charge < -0.3 is 5.11 Å². The Bertz CT molecular complexity index is 605. The van der Waals surface area contributed by atoms with Gasteiger partial charge in [-0.1, -0.05) is 0 Å². The second kappa shape index (κ2) is 4.51. The third-order valence-corrected chi connectivity index (χ3v) is 3.31. The first-order valence-electron chi connectivity index (χ1n) is 5.43. The molecular weight excluding hydrogens is 263 g/mol. The number of isocyanates is 1. The Morgan fingerprint density at radius 2 is 1.95 bits per heavy atom. The molecule has 1 aliphatic rings. The predicted molar refractivity (Wildman–Crippen MR) is 56.9 cm³/mol. The fourth-order valence-electron chi connectivity index (χ4n) is 2.17. The zero-order valence-electron chi connectivity index (χ0n) is 9.54. The van der Waals surface area contributed by atoms with Crippen molar-refractivity contribution in [3.05, 3.63) is 34.6 Å². The van der Waals surface area contributed by atoms with Crippen molar-refractivity contribution in [1.29, 1.82) is 0 Å². The number of nitrogens with zero attached hydrogens (tertiary/aromatic N) is 1. The highest BCUT2D eigenvalue weighted by atomic mass is 19.2. The van der Waals surface area contributed by atoms with E-state index in [0.29, 0.717) is 12.5 Å².